The van der Waals surface area contributed by atoms with Gasteiger partial charge in [0.1, 0.15) is 5.75 Å². The van der Waals surface area contributed by atoms with Crippen molar-refractivity contribution < 1.29 is 4.74 Å². The second kappa shape index (κ2) is 6.44. The highest BCUT2D eigenvalue weighted by molar-refractivity contribution is 8.07. The largest absolute Gasteiger partial charge is 0.440 e. The maximum Gasteiger partial charge on any atom is 0.206 e. The van der Waals surface area contributed by atoms with Gasteiger partial charge in [0, 0.05) is 16.5 Å². The zero-order chi connectivity index (χ0) is 16.5. The first-order chi connectivity index (χ1) is 11.7. The molecule has 124 valence electrons. The number of rotatable bonds is 5. The second-order valence-corrected chi connectivity index (χ2v) is 7.97. The molecule has 3 N–H and O–H groups in total. The first kappa shape index (κ1) is 15.5. The average molecular weight is 338 g/mol. The number of nitrogens with one attached hydrogen (secondary N) is 1. The molecule has 24 heavy (non-hydrogen) atoms. The van der Waals surface area contributed by atoms with Crippen LogP contribution < -0.4 is 15.8 Å². The van der Waals surface area contributed by atoms with Crippen LogP contribution in [-0.4, -0.2) is 16.5 Å². The molecule has 4 unspecified atom stereocenters. The monoisotopic (exact) mass is 338 g/mol. The summed E-state index contributed by atoms with van der Waals surface area (Å²) in [4.78, 5) is 0. The molecule has 0 aromatic heterocycles. The highest BCUT2D eigenvalue weighted by Crippen LogP contribution is 2.55. The van der Waals surface area contributed by atoms with E-state index in [0.717, 1.165) is 16.2 Å². The molecule has 0 amide bonds. The highest BCUT2D eigenvalue weighted by atomic mass is 32.2. The summed E-state index contributed by atoms with van der Waals surface area (Å²) in [5, 5.41) is 5.13. The van der Waals surface area contributed by atoms with Crippen LogP contribution in [0.25, 0.3) is 11.1 Å². The summed E-state index contributed by atoms with van der Waals surface area (Å²) < 4.78 is 5.71. The summed E-state index contributed by atoms with van der Waals surface area (Å²) in [6.45, 7) is 2.32. The van der Waals surface area contributed by atoms with Gasteiger partial charge in [-0.3, -0.25) is 0 Å². The van der Waals surface area contributed by atoms with Crippen molar-refractivity contribution in [2.75, 3.05) is 0 Å². The van der Waals surface area contributed by atoms with E-state index in [2.05, 4.69) is 48.3 Å². The molecule has 1 saturated heterocycles. The summed E-state index contributed by atoms with van der Waals surface area (Å²) in [6, 6.07) is 18.8. The molecule has 2 aromatic rings. The first-order valence-corrected chi connectivity index (χ1v) is 9.35. The van der Waals surface area contributed by atoms with Gasteiger partial charge in [-0.1, -0.05) is 49.4 Å². The van der Waals surface area contributed by atoms with Gasteiger partial charge in [0.05, 0.1) is 6.20 Å². The zero-order valence-corrected chi connectivity index (χ0v) is 14.5. The Morgan fingerprint density at radius 1 is 1.12 bits per heavy atom. The van der Waals surface area contributed by atoms with E-state index in [1.807, 2.05) is 36.5 Å². The van der Waals surface area contributed by atoms with E-state index in [1.165, 1.54) is 17.5 Å². The summed E-state index contributed by atoms with van der Waals surface area (Å²) in [5.74, 6) is 1.86. The minimum atomic E-state index is 0.405. The number of benzene rings is 2. The van der Waals surface area contributed by atoms with E-state index in [4.69, 9.17) is 10.5 Å². The van der Waals surface area contributed by atoms with Crippen LogP contribution in [0.15, 0.2) is 66.7 Å². The third-order valence-electron chi connectivity index (χ3n) is 4.90. The van der Waals surface area contributed by atoms with E-state index in [9.17, 15) is 0 Å². The van der Waals surface area contributed by atoms with Crippen molar-refractivity contribution in [1.82, 2.24) is 5.32 Å². The Morgan fingerprint density at radius 2 is 1.83 bits per heavy atom. The Kier molecular flexibility index (Phi) is 4.15. The average Bonchev–Trinajstić information content (AvgIpc) is 3.32. The van der Waals surface area contributed by atoms with Crippen LogP contribution in [-0.2, 0) is 0 Å². The Bertz CT molecular complexity index is 729. The van der Waals surface area contributed by atoms with Crippen molar-refractivity contribution in [2.45, 2.75) is 29.9 Å². The van der Waals surface area contributed by atoms with Crippen molar-refractivity contribution in [3.8, 4) is 16.9 Å². The lowest BCUT2D eigenvalue weighted by molar-refractivity contribution is 0.404. The van der Waals surface area contributed by atoms with E-state index in [-0.39, 0.29) is 0 Å². The Hall–Kier alpha value is -2.07. The third kappa shape index (κ3) is 3.24. The summed E-state index contributed by atoms with van der Waals surface area (Å²) in [7, 11) is 0. The van der Waals surface area contributed by atoms with E-state index in [0.29, 0.717) is 17.8 Å². The normalized spacial score (nSPS) is 28.3. The number of nitrogens with two attached hydrogens (primary N) is 1. The smallest absolute Gasteiger partial charge is 0.206 e. The van der Waals surface area contributed by atoms with Gasteiger partial charge in [0.2, 0.25) is 5.88 Å². The molecule has 0 spiro atoms. The van der Waals surface area contributed by atoms with Gasteiger partial charge in [-0.25, -0.2) is 0 Å². The van der Waals surface area contributed by atoms with Gasteiger partial charge in [-0.15, -0.1) is 0 Å². The van der Waals surface area contributed by atoms with Crippen molar-refractivity contribution in [3.05, 3.63) is 66.7 Å². The van der Waals surface area contributed by atoms with Crippen LogP contribution in [0.1, 0.15) is 13.3 Å². The van der Waals surface area contributed by atoms with Gasteiger partial charge in [-0.05, 0) is 35.6 Å². The van der Waals surface area contributed by atoms with Crippen molar-refractivity contribution in [3.63, 3.8) is 0 Å². The molecule has 4 atom stereocenters. The lowest BCUT2D eigenvalue weighted by Gasteiger charge is -2.18. The van der Waals surface area contributed by atoms with Crippen molar-refractivity contribution in [2.24, 2.45) is 11.7 Å². The zero-order valence-electron chi connectivity index (χ0n) is 13.7. The Morgan fingerprint density at radius 3 is 2.50 bits per heavy atom. The van der Waals surface area contributed by atoms with Crippen LogP contribution in [0.3, 0.4) is 0 Å². The molecule has 2 fully saturated rings. The molecule has 2 aliphatic rings. The lowest BCUT2D eigenvalue weighted by atomic mass is 10.1. The molecule has 4 rings (SSSR count). The fourth-order valence-electron chi connectivity index (χ4n) is 3.42. The molecule has 1 saturated carbocycles. The maximum atomic E-state index is 6.00. The minimum absolute atomic E-state index is 0.405. The molecule has 1 aliphatic carbocycles. The molecule has 1 aliphatic heterocycles. The topological polar surface area (TPSA) is 47.3 Å². The van der Waals surface area contributed by atoms with E-state index in [1.54, 1.807) is 0 Å². The number of hydrogen-bond acceptors (Lipinski definition) is 4. The van der Waals surface area contributed by atoms with Crippen LogP contribution in [0.2, 0.25) is 0 Å². The van der Waals surface area contributed by atoms with Crippen molar-refractivity contribution in [1.29, 1.82) is 0 Å². The maximum absolute atomic E-state index is 6.00. The SMILES string of the molecule is CC1C(NC=C(N)Oc2ccc(-c3ccccc3)cc2)CC2SC21. The second-order valence-electron chi connectivity index (χ2n) is 6.55. The van der Waals surface area contributed by atoms with Crippen LogP contribution >= 0.6 is 11.8 Å². The van der Waals surface area contributed by atoms with Crippen LogP contribution in [0, 0.1) is 5.92 Å². The molecular formula is C20H22N2OS. The number of fused-ring (bicyclic) bond motifs is 1. The minimum Gasteiger partial charge on any atom is -0.440 e. The van der Waals surface area contributed by atoms with Gasteiger partial charge in [-0.2, -0.15) is 11.8 Å². The highest BCUT2D eigenvalue weighted by Gasteiger charge is 2.52. The van der Waals surface area contributed by atoms with Crippen LogP contribution in [0.4, 0.5) is 0 Å². The summed E-state index contributed by atoms with van der Waals surface area (Å²) in [5.41, 5.74) is 8.36. The predicted molar refractivity (Wildman–Crippen MR) is 101 cm³/mol. The standard InChI is InChI=1S/C20H22N2OS/c1-13-17(11-18-20(13)24-18)22-12-19(21)23-16-9-7-15(8-10-16)14-5-3-2-4-6-14/h2-10,12-13,17-18,20,22H,11,21H2,1H3. The summed E-state index contributed by atoms with van der Waals surface area (Å²) in [6.07, 6.45) is 3.04. The third-order valence-corrected chi connectivity index (χ3v) is 6.49. The Labute approximate surface area is 147 Å². The Balaban J connectivity index is 1.35. The number of hydrogen-bond donors (Lipinski definition) is 2. The molecule has 2 aromatic carbocycles. The summed E-state index contributed by atoms with van der Waals surface area (Å²) >= 11 is 2.10. The van der Waals surface area contributed by atoms with Gasteiger partial charge < -0.3 is 15.8 Å². The predicted octanol–water partition coefficient (Wildman–Crippen LogP) is 3.97. The molecule has 0 bridgehead atoms. The molecule has 3 nitrogen and oxygen atoms in total. The molecular weight excluding hydrogens is 316 g/mol. The lowest BCUT2D eigenvalue weighted by Crippen LogP contribution is -2.30. The molecule has 4 heteroatoms. The fourth-order valence-corrected chi connectivity index (χ4v) is 4.85. The first-order valence-electron chi connectivity index (χ1n) is 8.41. The van der Waals surface area contributed by atoms with Crippen LogP contribution in [0.5, 0.6) is 5.75 Å². The van der Waals surface area contributed by atoms with Crippen molar-refractivity contribution >= 4 is 11.8 Å². The van der Waals surface area contributed by atoms with Gasteiger partial charge >= 0.3 is 0 Å². The number of ether oxygens (including phenoxy) is 1. The van der Waals surface area contributed by atoms with Gasteiger partial charge in [0.15, 0.2) is 0 Å². The molecule has 0 radical (unpaired) electrons. The van der Waals surface area contributed by atoms with E-state index < -0.39 is 0 Å². The van der Waals surface area contributed by atoms with E-state index >= 15 is 0 Å². The fraction of sp³-hybridized carbons (Fsp3) is 0.300. The molecule has 1 heterocycles. The number of thioether (sulfide) groups is 1. The quantitative estimate of drug-likeness (QED) is 0.640. The van der Waals surface area contributed by atoms with Gasteiger partial charge in [0.25, 0.3) is 0 Å².